The molecule has 1 aromatic heterocycles. The summed E-state index contributed by atoms with van der Waals surface area (Å²) in [7, 11) is 0. The van der Waals surface area contributed by atoms with Crippen molar-refractivity contribution in [2.24, 2.45) is 0 Å². The van der Waals surface area contributed by atoms with E-state index in [2.05, 4.69) is 20.1 Å². The molecule has 0 aliphatic heterocycles. The molecule has 162 valence electrons. The second-order valence-electron chi connectivity index (χ2n) is 7.36. The second kappa shape index (κ2) is 10.2. The monoisotopic (exact) mass is 456 g/mol. The van der Waals surface area contributed by atoms with Gasteiger partial charge in [0.2, 0.25) is 5.91 Å². The SMILES string of the molecule is CCOc1ccccc1NC(=O)CSc1nnc(-c2ccccc2Cl)n1C1CCCC1. The molecule has 31 heavy (non-hydrogen) atoms. The summed E-state index contributed by atoms with van der Waals surface area (Å²) >= 11 is 7.84. The summed E-state index contributed by atoms with van der Waals surface area (Å²) in [6, 6.07) is 15.4. The highest BCUT2D eigenvalue weighted by molar-refractivity contribution is 7.99. The van der Waals surface area contributed by atoms with Gasteiger partial charge < -0.3 is 10.1 Å². The molecule has 1 fully saturated rings. The first-order valence-corrected chi connectivity index (χ1v) is 11.9. The van der Waals surface area contributed by atoms with E-state index in [1.165, 1.54) is 24.6 Å². The number of hydrogen-bond donors (Lipinski definition) is 1. The normalized spacial score (nSPS) is 14.0. The molecule has 1 N–H and O–H groups in total. The predicted octanol–water partition coefficient (Wildman–Crippen LogP) is 5.84. The first-order valence-electron chi connectivity index (χ1n) is 10.5. The van der Waals surface area contributed by atoms with Gasteiger partial charge in [-0.25, -0.2) is 0 Å². The number of thioether (sulfide) groups is 1. The Morgan fingerprint density at radius 1 is 1.16 bits per heavy atom. The van der Waals surface area contributed by atoms with E-state index in [0.29, 0.717) is 29.1 Å². The first-order chi connectivity index (χ1) is 15.2. The van der Waals surface area contributed by atoms with Crippen LogP contribution < -0.4 is 10.1 Å². The van der Waals surface area contributed by atoms with Gasteiger partial charge in [-0.05, 0) is 44.0 Å². The maximum Gasteiger partial charge on any atom is 0.234 e. The molecule has 6 nitrogen and oxygen atoms in total. The lowest BCUT2D eigenvalue weighted by Crippen LogP contribution is -2.16. The van der Waals surface area contributed by atoms with Gasteiger partial charge in [0.1, 0.15) is 5.75 Å². The summed E-state index contributed by atoms with van der Waals surface area (Å²) in [5, 5.41) is 13.2. The smallest absolute Gasteiger partial charge is 0.234 e. The number of amides is 1. The Bertz CT molecular complexity index is 1050. The lowest BCUT2D eigenvalue weighted by molar-refractivity contribution is -0.113. The van der Waals surface area contributed by atoms with Crippen LogP contribution in [0.15, 0.2) is 53.7 Å². The molecule has 0 saturated heterocycles. The van der Waals surface area contributed by atoms with Crippen molar-refractivity contribution < 1.29 is 9.53 Å². The lowest BCUT2D eigenvalue weighted by Gasteiger charge is -2.17. The topological polar surface area (TPSA) is 69.0 Å². The number of aromatic nitrogens is 3. The molecule has 0 radical (unpaired) electrons. The first kappa shape index (κ1) is 21.7. The third-order valence-corrected chi connectivity index (χ3v) is 6.54. The fraction of sp³-hybridized carbons (Fsp3) is 0.348. The Morgan fingerprint density at radius 3 is 2.68 bits per heavy atom. The number of halogens is 1. The number of nitrogens with one attached hydrogen (secondary N) is 1. The minimum Gasteiger partial charge on any atom is -0.492 e. The number of benzene rings is 2. The van der Waals surface area contributed by atoms with E-state index < -0.39 is 0 Å². The van der Waals surface area contributed by atoms with Gasteiger partial charge in [0.15, 0.2) is 11.0 Å². The molecular formula is C23H25ClN4O2S. The zero-order valence-corrected chi connectivity index (χ0v) is 19.0. The molecule has 1 aliphatic rings. The second-order valence-corrected chi connectivity index (χ2v) is 8.71. The molecule has 3 aromatic rings. The highest BCUT2D eigenvalue weighted by Gasteiger charge is 2.26. The van der Waals surface area contributed by atoms with Crippen LogP contribution in [-0.2, 0) is 4.79 Å². The van der Waals surface area contributed by atoms with E-state index in [4.69, 9.17) is 16.3 Å². The van der Waals surface area contributed by atoms with E-state index >= 15 is 0 Å². The van der Waals surface area contributed by atoms with Gasteiger partial charge in [-0.15, -0.1) is 10.2 Å². The van der Waals surface area contributed by atoms with Crippen LogP contribution in [0.25, 0.3) is 11.4 Å². The van der Waals surface area contributed by atoms with Crippen molar-refractivity contribution in [3.8, 4) is 17.1 Å². The standard InChI is InChI=1S/C23H25ClN4O2S/c1-2-30-20-14-8-7-13-19(20)25-21(29)15-31-23-27-26-22(17-11-5-6-12-18(17)24)28(23)16-9-3-4-10-16/h5-8,11-14,16H,2-4,9-10,15H2,1H3,(H,25,29). The Morgan fingerprint density at radius 2 is 1.90 bits per heavy atom. The number of carbonyl (C=O) groups excluding carboxylic acids is 1. The van der Waals surface area contributed by atoms with Gasteiger partial charge in [-0.3, -0.25) is 9.36 Å². The quantitative estimate of drug-likeness (QED) is 0.431. The fourth-order valence-corrected chi connectivity index (χ4v) is 4.89. The van der Waals surface area contributed by atoms with Crippen LogP contribution in [0.5, 0.6) is 5.75 Å². The number of nitrogens with zero attached hydrogens (tertiary/aromatic N) is 3. The van der Waals surface area contributed by atoms with Crippen LogP contribution >= 0.6 is 23.4 Å². The van der Waals surface area contributed by atoms with Crippen molar-refractivity contribution >= 4 is 35.0 Å². The van der Waals surface area contributed by atoms with Crippen molar-refractivity contribution in [1.29, 1.82) is 0 Å². The number of para-hydroxylation sites is 2. The molecule has 0 bridgehead atoms. The number of rotatable bonds is 8. The largest absolute Gasteiger partial charge is 0.492 e. The van der Waals surface area contributed by atoms with E-state index in [1.54, 1.807) is 0 Å². The van der Waals surface area contributed by atoms with Gasteiger partial charge in [0.25, 0.3) is 0 Å². The fourth-order valence-electron chi connectivity index (χ4n) is 3.86. The van der Waals surface area contributed by atoms with Crippen molar-refractivity contribution in [3.63, 3.8) is 0 Å². The average Bonchev–Trinajstić information content (AvgIpc) is 3.44. The van der Waals surface area contributed by atoms with Crippen LogP contribution in [0.2, 0.25) is 5.02 Å². The van der Waals surface area contributed by atoms with Crippen LogP contribution in [-0.4, -0.2) is 33.0 Å². The van der Waals surface area contributed by atoms with E-state index in [9.17, 15) is 4.79 Å². The Hall–Kier alpha value is -2.51. The molecular weight excluding hydrogens is 432 g/mol. The summed E-state index contributed by atoms with van der Waals surface area (Å²) < 4.78 is 7.76. The van der Waals surface area contributed by atoms with E-state index in [-0.39, 0.29) is 11.7 Å². The molecule has 1 aliphatic carbocycles. The average molecular weight is 457 g/mol. The van der Waals surface area contributed by atoms with Crippen LogP contribution in [0.4, 0.5) is 5.69 Å². The minimum atomic E-state index is -0.114. The molecule has 1 saturated carbocycles. The Kier molecular flexibility index (Phi) is 7.14. The lowest BCUT2D eigenvalue weighted by atomic mass is 10.2. The van der Waals surface area contributed by atoms with Crippen molar-refractivity contribution in [2.45, 2.75) is 43.8 Å². The highest BCUT2D eigenvalue weighted by atomic mass is 35.5. The molecule has 0 atom stereocenters. The van der Waals surface area contributed by atoms with Crippen LogP contribution in [0, 0.1) is 0 Å². The molecule has 1 amide bonds. The van der Waals surface area contributed by atoms with Gasteiger partial charge >= 0.3 is 0 Å². The molecule has 2 aromatic carbocycles. The third kappa shape index (κ3) is 5.05. The van der Waals surface area contributed by atoms with Crippen LogP contribution in [0.3, 0.4) is 0 Å². The van der Waals surface area contributed by atoms with E-state index in [0.717, 1.165) is 29.4 Å². The summed E-state index contributed by atoms with van der Waals surface area (Å²) in [5.41, 5.74) is 1.54. The summed E-state index contributed by atoms with van der Waals surface area (Å²) in [5.74, 6) is 1.55. The van der Waals surface area contributed by atoms with Crippen molar-refractivity contribution in [1.82, 2.24) is 14.8 Å². The number of hydrogen-bond acceptors (Lipinski definition) is 5. The highest BCUT2D eigenvalue weighted by Crippen LogP contribution is 2.38. The van der Waals surface area contributed by atoms with Gasteiger partial charge in [0, 0.05) is 11.6 Å². The zero-order chi connectivity index (χ0) is 21.6. The summed E-state index contributed by atoms with van der Waals surface area (Å²) in [6.07, 6.45) is 4.53. The summed E-state index contributed by atoms with van der Waals surface area (Å²) in [6.45, 7) is 2.46. The minimum absolute atomic E-state index is 0.114. The third-order valence-electron chi connectivity index (χ3n) is 5.26. The number of carbonyl (C=O) groups is 1. The van der Waals surface area contributed by atoms with Crippen LogP contribution in [0.1, 0.15) is 38.6 Å². The Balaban J connectivity index is 1.52. The van der Waals surface area contributed by atoms with Gasteiger partial charge in [-0.2, -0.15) is 0 Å². The molecule has 0 unspecified atom stereocenters. The number of ether oxygens (including phenoxy) is 1. The maximum absolute atomic E-state index is 12.6. The van der Waals surface area contributed by atoms with Gasteiger partial charge in [-0.1, -0.05) is 60.5 Å². The predicted molar refractivity (Wildman–Crippen MR) is 125 cm³/mol. The van der Waals surface area contributed by atoms with E-state index in [1.807, 2.05) is 55.5 Å². The zero-order valence-electron chi connectivity index (χ0n) is 17.4. The molecule has 4 rings (SSSR count). The van der Waals surface area contributed by atoms with Gasteiger partial charge in [0.05, 0.1) is 23.1 Å². The van der Waals surface area contributed by atoms with Crippen molar-refractivity contribution in [2.75, 3.05) is 17.7 Å². The molecule has 1 heterocycles. The number of anilines is 1. The molecule has 0 spiro atoms. The van der Waals surface area contributed by atoms with Crippen molar-refractivity contribution in [3.05, 3.63) is 53.6 Å². The summed E-state index contributed by atoms with van der Waals surface area (Å²) in [4.78, 5) is 12.6. The Labute approximate surface area is 191 Å². The maximum atomic E-state index is 12.6. The molecule has 8 heteroatoms.